The van der Waals surface area contributed by atoms with Gasteiger partial charge in [-0.25, -0.2) is 4.79 Å². The molecule has 0 aromatic carbocycles. The van der Waals surface area contributed by atoms with Crippen molar-refractivity contribution in [1.82, 2.24) is 9.80 Å². The molecule has 21 heavy (non-hydrogen) atoms. The Hall–Kier alpha value is -0.970. The lowest BCUT2D eigenvalue weighted by atomic mass is 10.1. The van der Waals surface area contributed by atoms with Crippen molar-refractivity contribution in [2.75, 3.05) is 25.5 Å². The first-order valence-corrected chi connectivity index (χ1v) is 8.17. The van der Waals surface area contributed by atoms with Crippen LogP contribution < -0.4 is 0 Å². The Morgan fingerprint density at radius 1 is 1.43 bits per heavy atom. The third kappa shape index (κ3) is 4.25. The Morgan fingerprint density at radius 2 is 2.14 bits per heavy atom. The van der Waals surface area contributed by atoms with Gasteiger partial charge in [0.1, 0.15) is 5.60 Å². The van der Waals surface area contributed by atoms with Crippen LogP contribution in [0.25, 0.3) is 0 Å². The molecule has 2 heterocycles. The van der Waals surface area contributed by atoms with Gasteiger partial charge in [-0.15, -0.1) is 11.6 Å². The molecular formula is C15H25ClN2O3. The summed E-state index contributed by atoms with van der Waals surface area (Å²) < 4.78 is 5.45. The van der Waals surface area contributed by atoms with Gasteiger partial charge in [-0.1, -0.05) is 0 Å². The number of nitrogens with zero attached hydrogens (tertiary/aromatic N) is 2. The summed E-state index contributed by atoms with van der Waals surface area (Å²) in [6.45, 7) is 7.62. The summed E-state index contributed by atoms with van der Waals surface area (Å²) in [4.78, 5) is 27.8. The molecule has 120 valence electrons. The van der Waals surface area contributed by atoms with E-state index in [4.69, 9.17) is 16.3 Å². The van der Waals surface area contributed by atoms with E-state index >= 15 is 0 Å². The van der Waals surface area contributed by atoms with Gasteiger partial charge in [0.25, 0.3) is 0 Å². The Balaban J connectivity index is 1.93. The molecule has 2 saturated heterocycles. The number of ether oxygens (including phenoxy) is 1. The number of rotatable bonds is 3. The van der Waals surface area contributed by atoms with E-state index in [0.717, 1.165) is 12.8 Å². The fraction of sp³-hybridized carbons (Fsp3) is 0.867. The van der Waals surface area contributed by atoms with E-state index in [1.54, 1.807) is 4.90 Å². The zero-order chi connectivity index (χ0) is 15.6. The van der Waals surface area contributed by atoms with Crippen LogP contribution in [-0.4, -0.2) is 59.0 Å². The second-order valence-corrected chi connectivity index (χ2v) is 7.30. The fourth-order valence-electron chi connectivity index (χ4n) is 2.97. The fourth-order valence-corrected chi connectivity index (χ4v) is 3.18. The molecule has 0 spiro atoms. The molecule has 2 rings (SSSR count). The van der Waals surface area contributed by atoms with Crippen LogP contribution in [0.2, 0.25) is 0 Å². The molecule has 2 amide bonds. The lowest BCUT2D eigenvalue weighted by Crippen LogP contribution is -2.45. The normalized spacial score (nSPS) is 26.6. The summed E-state index contributed by atoms with van der Waals surface area (Å²) in [6.07, 6.45) is 2.15. The van der Waals surface area contributed by atoms with Crippen LogP contribution in [0.3, 0.4) is 0 Å². The molecule has 0 aromatic heterocycles. The van der Waals surface area contributed by atoms with Crippen LogP contribution in [-0.2, 0) is 9.53 Å². The molecule has 0 aliphatic carbocycles. The van der Waals surface area contributed by atoms with Crippen LogP contribution in [0.15, 0.2) is 0 Å². The first kappa shape index (κ1) is 16.4. The molecule has 2 aliphatic heterocycles. The van der Waals surface area contributed by atoms with Gasteiger partial charge in [-0.2, -0.15) is 0 Å². The molecule has 2 unspecified atom stereocenters. The van der Waals surface area contributed by atoms with Gasteiger partial charge in [-0.05, 0) is 39.5 Å². The summed E-state index contributed by atoms with van der Waals surface area (Å²) >= 11 is 5.84. The highest BCUT2D eigenvalue weighted by molar-refractivity contribution is 6.18. The largest absolute Gasteiger partial charge is 0.444 e. The SMILES string of the molecule is CC(C)(C)OC(=O)N1CCCC1CN1CC(CCl)CC1=O. The number of carbonyl (C=O) groups is 2. The highest BCUT2D eigenvalue weighted by Crippen LogP contribution is 2.25. The van der Waals surface area contributed by atoms with E-state index in [1.165, 1.54) is 0 Å². The molecule has 6 heteroatoms. The topological polar surface area (TPSA) is 49.9 Å². The molecule has 0 aromatic rings. The number of hydrogen-bond donors (Lipinski definition) is 0. The second kappa shape index (κ2) is 6.42. The third-order valence-electron chi connectivity index (χ3n) is 3.95. The second-order valence-electron chi connectivity index (χ2n) is 6.99. The summed E-state index contributed by atoms with van der Waals surface area (Å²) in [5.74, 6) is 0.912. The molecule has 0 radical (unpaired) electrons. The summed E-state index contributed by atoms with van der Waals surface area (Å²) in [7, 11) is 0. The van der Waals surface area contributed by atoms with Crippen molar-refractivity contribution < 1.29 is 14.3 Å². The summed E-state index contributed by atoms with van der Waals surface area (Å²) in [5, 5.41) is 0. The Morgan fingerprint density at radius 3 is 2.71 bits per heavy atom. The van der Waals surface area contributed by atoms with E-state index in [1.807, 2.05) is 25.7 Å². The first-order chi connectivity index (χ1) is 9.80. The van der Waals surface area contributed by atoms with Crippen molar-refractivity contribution in [1.29, 1.82) is 0 Å². The van der Waals surface area contributed by atoms with Gasteiger partial charge in [0.05, 0.1) is 6.04 Å². The number of carbonyl (C=O) groups excluding carboxylic acids is 2. The van der Waals surface area contributed by atoms with Crippen LogP contribution >= 0.6 is 11.6 Å². The number of amides is 2. The molecule has 0 N–H and O–H groups in total. The van der Waals surface area contributed by atoms with E-state index in [2.05, 4.69) is 0 Å². The highest BCUT2D eigenvalue weighted by atomic mass is 35.5. The maximum Gasteiger partial charge on any atom is 0.410 e. The highest BCUT2D eigenvalue weighted by Gasteiger charge is 2.36. The van der Waals surface area contributed by atoms with Crippen molar-refractivity contribution in [2.45, 2.75) is 51.7 Å². The molecular weight excluding hydrogens is 292 g/mol. The number of likely N-dealkylation sites (tertiary alicyclic amines) is 2. The van der Waals surface area contributed by atoms with Crippen LogP contribution in [0.4, 0.5) is 4.79 Å². The van der Waals surface area contributed by atoms with Crippen molar-refractivity contribution in [3.63, 3.8) is 0 Å². The minimum absolute atomic E-state index is 0.0675. The van der Waals surface area contributed by atoms with E-state index in [0.29, 0.717) is 31.9 Å². The maximum absolute atomic E-state index is 12.2. The predicted octanol–water partition coefficient (Wildman–Crippen LogP) is 2.47. The lowest BCUT2D eigenvalue weighted by Gasteiger charge is -2.31. The number of hydrogen-bond acceptors (Lipinski definition) is 3. The van der Waals surface area contributed by atoms with Crippen molar-refractivity contribution in [3.05, 3.63) is 0 Å². The minimum atomic E-state index is -0.489. The molecule has 0 bridgehead atoms. The maximum atomic E-state index is 12.2. The molecule has 2 fully saturated rings. The third-order valence-corrected chi connectivity index (χ3v) is 4.39. The van der Waals surface area contributed by atoms with Crippen molar-refractivity contribution >= 4 is 23.6 Å². The van der Waals surface area contributed by atoms with E-state index in [-0.39, 0.29) is 24.0 Å². The van der Waals surface area contributed by atoms with E-state index < -0.39 is 5.60 Å². The van der Waals surface area contributed by atoms with Gasteiger partial charge < -0.3 is 14.5 Å². The Bertz CT molecular complexity index is 408. The van der Waals surface area contributed by atoms with Gasteiger partial charge in [0, 0.05) is 31.9 Å². The average molecular weight is 317 g/mol. The lowest BCUT2D eigenvalue weighted by molar-refractivity contribution is -0.128. The zero-order valence-electron chi connectivity index (χ0n) is 13.1. The number of halogens is 1. The van der Waals surface area contributed by atoms with Crippen LogP contribution in [0, 0.1) is 5.92 Å². The minimum Gasteiger partial charge on any atom is -0.444 e. The molecule has 5 nitrogen and oxygen atoms in total. The summed E-state index contributed by atoms with van der Waals surface area (Å²) in [5.41, 5.74) is -0.489. The number of alkyl halides is 1. The Kier molecular flexibility index (Phi) is 5.02. The van der Waals surface area contributed by atoms with Crippen LogP contribution in [0.1, 0.15) is 40.0 Å². The van der Waals surface area contributed by atoms with Gasteiger partial charge in [-0.3, -0.25) is 4.79 Å². The average Bonchev–Trinajstić information content (AvgIpc) is 2.95. The summed E-state index contributed by atoms with van der Waals surface area (Å²) in [6, 6.07) is 0.0675. The zero-order valence-corrected chi connectivity index (χ0v) is 13.9. The Labute approximate surface area is 131 Å². The van der Waals surface area contributed by atoms with Gasteiger partial charge in [0.2, 0.25) is 5.91 Å². The van der Waals surface area contributed by atoms with Crippen molar-refractivity contribution in [2.24, 2.45) is 5.92 Å². The molecule has 2 aliphatic rings. The predicted molar refractivity (Wildman–Crippen MR) is 81.4 cm³/mol. The van der Waals surface area contributed by atoms with Crippen LogP contribution in [0.5, 0.6) is 0 Å². The smallest absolute Gasteiger partial charge is 0.410 e. The monoisotopic (exact) mass is 316 g/mol. The molecule has 2 atom stereocenters. The quantitative estimate of drug-likeness (QED) is 0.752. The standard InChI is InChI=1S/C15H25ClN2O3/c1-15(2,3)21-14(20)18-6-4-5-12(18)10-17-9-11(8-16)7-13(17)19/h11-12H,4-10H2,1-3H3. The van der Waals surface area contributed by atoms with Gasteiger partial charge >= 0.3 is 6.09 Å². The van der Waals surface area contributed by atoms with Gasteiger partial charge in [0.15, 0.2) is 0 Å². The van der Waals surface area contributed by atoms with E-state index in [9.17, 15) is 9.59 Å². The van der Waals surface area contributed by atoms with Crippen molar-refractivity contribution in [3.8, 4) is 0 Å². The molecule has 0 saturated carbocycles. The first-order valence-electron chi connectivity index (χ1n) is 7.63.